The van der Waals surface area contributed by atoms with Gasteiger partial charge in [-0.15, -0.1) is 0 Å². The van der Waals surface area contributed by atoms with Gasteiger partial charge in [0.2, 0.25) is 0 Å². The maximum absolute atomic E-state index is 5.81. The van der Waals surface area contributed by atoms with Crippen molar-refractivity contribution in [3.8, 4) is 0 Å². The summed E-state index contributed by atoms with van der Waals surface area (Å²) in [5.41, 5.74) is 8.75. The molecule has 1 aliphatic rings. The molecule has 0 bridgehead atoms. The fourth-order valence-corrected chi connectivity index (χ4v) is 1.77. The fraction of sp³-hybridized carbons (Fsp3) is 0.400. The van der Waals surface area contributed by atoms with E-state index in [9.17, 15) is 0 Å². The van der Waals surface area contributed by atoms with Crippen LogP contribution in [0, 0.1) is 0 Å². The Morgan fingerprint density at radius 3 is 2.82 bits per heavy atom. The van der Waals surface area contributed by atoms with Crippen LogP contribution in [0.1, 0.15) is 24.0 Å². The molecule has 2 N–H and O–H groups in total. The largest absolute Gasteiger partial charge is 0.327 e. The monoisotopic (exact) mass is 147 g/mol. The van der Waals surface area contributed by atoms with Crippen LogP contribution in [0.15, 0.2) is 24.3 Å². The van der Waals surface area contributed by atoms with E-state index in [4.69, 9.17) is 5.73 Å². The zero-order valence-electron chi connectivity index (χ0n) is 6.75. The standard InChI is InChI=1S/C10H13N/c1-7(11)10-6-8-4-2-3-5-9(8)10/h2-5,7,10H,6,11H2,1H3/t7-,10?/m1/s1. The molecule has 0 spiro atoms. The van der Waals surface area contributed by atoms with Gasteiger partial charge in [-0.2, -0.15) is 0 Å². The summed E-state index contributed by atoms with van der Waals surface area (Å²) in [6.45, 7) is 2.08. The summed E-state index contributed by atoms with van der Waals surface area (Å²) >= 11 is 0. The van der Waals surface area contributed by atoms with Crippen LogP contribution in [-0.2, 0) is 6.42 Å². The Bertz CT molecular complexity index is 265. The Morgan fingerprint density at radius 2 is 2.18 bits per heavy atom. The quantitative estimate of drug-likeness (QED) is 0.642. The molecule has 1 unspecified atom stereocenters. The van der Waals surface area contributed by atoms with Gasteiger partial charge in [0, 0.05) is 12.0 Å². The third-order valence-electron chi connectivity index (χ3n) is 2.53. The van der Waals surface area contributed by atoms with Gasteiger partial charge in [-0.3, -0.25) is 0 Å². The minimum Gasteiger partial charge on any atom is -0.327 e. The zero-order valence-corrected chi connectivity index (χ0v) is 6.75. The third kappa shape index (κ3) is 0.962. The maximum atomic E-state index is 5.81. The van der Waals surface area contributed by atoms with E-state index in [1.165, 1.54) is 17.5 Å². The van der Waals surface area contributed by atoms with Gasteiger partial charge >= 0.3 is 0 Å². The van der Waals surface area contributed by atoms with Crippen molar-refractivity contribution in [3.63, 3.8) is 0 Å². The first-order valence-corrected chi connectivity index (χ1v) is 4.12. The summed E-state index contributed by atoms with van der Waals surface area (Å²) in [5, 5.41) is 0. The number of benzene rings is 1. The minimum atomic E-state index is 0.310. The second kappa shape index (κ2) is 2.35. The average Bonchev–Trinajstić information content (AvgIpc) is 1.90. The van der Waals surface area contributed by atoms with Gasteiger partial charge in [0.25, 0.3) is 0 Å². The van der Waals surface area contributed by atoms with Crippen molar-refractivity contribution in [1.82, 2.24) is 0 Å². The smallest absolute Gasteiger partial charge is 0.00826 e. The molecule has 0 aromatic heterocycles. The predicted octanol–water partition coefficient (Wildman–Crippen LogP) is 1.67. The lowest BCUT2D eigenvalue weighted by Gasteiger charge is -2.32. The molecule has 1 aliphatic carbocycles. The summed E-state index contributed by atoms with van der Waals surface area (Å²) in [6.07, 6.45) is 1.17. The Labute approximate surface area is 67.2 Å². The van der Waals surface area contributed by atoms with E-state index in [1.807, 2.05) is 0 Å². The lowest BCUT2D eigenvalue weighted by molar-refractivity contribution is 0.512. The second-order valence-corrected chi connectivity index (χ2v) is 3.37. The van der Waals surface area contributed by atoms with Crippen LogP contribution in [0.3, 0.4) is 0 Å². The molecule has 0 aliphatic heterocycles. The van der Waals surface area contributed by atoms with E-state index in [2.05, 4.69) is 31.2 Å². The molecule has 0 saturated carbocycles. The third-order valence-corrected chi connectivity index (χ3v) is 2.53. The molecule has 58 valence electrons. The van der Waals surface area contributed by atoms with E-state index >= 15 is 0 Å². The van der Waals surface area contributed by atoms with Crippen molar-refractivity contribution in [1.29, 1.82) is 0 Å². The molecule has 0 heterocycles. The van der Waals surface area contributed by atoms with Gasteiger partial charge in [-0.05, 0) is 24.5 Å². The average molecular weight is 147 g/mol. The molecular weight excluding hydrogens is 134 g/mol. The van der Waals surface area contributed by atoms with E-state index in [1.54, 1.807) is 0 Å². The van der Waals surface area contributed by atoms with E-state index in [0.29, 0.717) is 12.0 Å². The van der Waals surface area contributed by atoms with Crippen LogP contribution < -0.4 is 5.73 Å². The molecule has 0 amide bonds. The van der Waals surface area contributed by atoms with Crippen molar-refractivity contribution in [2.45, 2.75) is 25.3 Å². The molecule has 1 heteroatoms. The summed E-state index contributed by atoms with van der Waals surface area (Å²) < 4.78 is 0. The van der Waals surface area contributed by atoms with Crippen LogP contribution in [0.2, 0.25) is 0 Å². The second-order valence-electron chi connectivity index (χ2n) is 3.37. The minimum absolute atomic E-state index is 0.310. The van der Waals surface area contributed by atoms with E-state index in [-0.39, 0.29) is 0 Å². The molecule has 1 aromatic carbocycles. The summed E-state index contributed by atoms with van der Waals surface area (Å²) in [4.78, 5) is 0. The first kappa shape index (κ1) is 6.86. The summed E-state index contributed by atoms with van der Waals surface area (Å²) in [7, 11) is 0. The molecular formula is C10H13N. The molecule has 1 aromatic rings. The normalized spacial score (nSPS) is 23.6. The Hall–Kier alpha value is -0.820. The Balaban J connectivity index is 2.29. The summed E-state index contributed by atoms with van der Waals surface area (Å²) in [6, 6.07) is 8.87. The highest BCUT2D eigenvalue weighted by Gasteiger charge is 2.27. The highest BCUT2D eigenvalue weighted by molar-refractivity contribution is 5.40. The van der Waals surface area contributed by atoms with E-state index < -0.39 is 0 Å². The topological polar surface area (TPSA) is 26.0 Å². The van der Waals surface area contributed by atoms with Gasteiger partial charge < -0.3 is 5.73 Å². The molecule has 0 fully saturated rings. The van der Waals surface area contributed by atoms with Crippen LogP contribution in [0.5, 0.6) is 0 Å². The lowest BCUT2D eigenvalue weighted by atomic mass is 9.74. The maximum Gasteiger partial charge on any atom is 0.00826 e. The van der Waals surface area contributed by atoms with Crippen molar-refractivity contribution in [2.24, 2.45) is 5.73 Å². The highest BCUT2D eigenvalue weighted by atomic mass is 14.6. The lowest BCUT2D eigenvalue weighted by Crippen LogP contribution is -2.32. The van der Waals surface area contributed by atoms with Crippen LogP contribution in [0.4, 0.5) is 0 Å². The molecule has 2 atom stereocenters. The van der Waals surface area contributed by atoms with Crippen LogP contribution in [0.25, 0.3) is 0 Å². The number of fused-ring (bicyclic) bond motifs is 1. The first-order chi connectivity index (χ1) is 5.29. The van der Waals surface area contributed by atoms with Crippen molar-refractivity contribution in [3.05, 3.63) is 35.4 Å². The van der Waals surface area contributed by atoms with Gasteiger partial charge in [0.05, 0.1) is 0 Å². The summed E-state index contributed by atoms with van der Waals surface area (Å²) in [5.74, 6) is 0.617. The molecule has 0 radical (unpaired) electrons. The fourth-order valence-electron chi connectivity index (χ4n) is 1.77. The van der Waals surface area contributed by atoms with Gasteiger partial charge in [-0.1, -0.05) is 24.3 Å². The zero-order chi connectivity index (χ0) is 7.84. The molecule has 0 saturated heterocycles. The Morgan fingerprint density at radius 1 is 1.45 bits per heavy atom. The number of hydrogen-bond acceptors (Lipinski definition) is 1. The van der Waals surface area contributed by atoms with E-state index in [0.717, 1.165) is 0 Å². The molecule has 1 nitrogen and oxygen atoms in total. The van der Waals surface area contributed by atoms with Gasteiger partial charge in [0.1, 0.15) is 0 Å². The Kier molecular flexibility index (Phi) is 1.46. The number of nitrogens with two attached hydrogens (primary N) is 1. The highest BCUT2D eigenvalue weighted by Crippen LogP contribution is 2.36. The van der Waals surface area contributed by atoms with Crippen molar-refractivity contribution >= 4 is 0 Å². The van der Waals surface area contributed by atoms with Crippen LogP contribution >= 0.6 is 0 Å². The van der Waals surface area contributed by atoms with Crippen molar-refractivity contribution < 1.29 is 0 Å². The molecule has 11 heavy (non-hydrogen) atoms. The van der Waals surface area contributed by atoms with Crippen molar-refractivity contribution in [2.75, 3.05) is 0 Å². The molecule has 2 rings (SSSR count). The number of hydrogen-bond donors (Lipinski definition) is 1. The van der Waals surface area contributed by atoms with Crippen LogP contribution in [-0.4, -0.2) is 6.04 Å². The number of rotatable bonds is 1. The van der Waals surface area contributed by atoms with Gasteiger partial charge in [0.15, 0.2) is 0 Å². The van der Waals surface area contributed by atoms with Gasteiger partial charge in [-0.25, -0.2) is 0 Å². The SMILES string of the molecule is C[C@@H](N)C1Cc2ccccc21. The predicted molar refractivity (Wildman–Crippen MR) is 46.5 cm³/mol. The first-order valence-electron chi connectivity index (χ1n) is 4.12.